The van der Waals surface area contributed by atoms with Crippen molar-refractivity contribution in [3.8, 4) is 0 Å². The number of pyridine rings is 1. The Balaban J connectivity index is 1.72. The van der Waals surface area contributed by atoms with E-state index < -0.39 is 11.7 Å². The molecule has 1 aromatic carbocycles. The summed E-state index contributed by atoms with van der Waals surface area (Å²) in [5, 5.41) is 15.8. The van der Waals surface area contributed by atoms with Crippen LogP contribution in [0.5, 0.6) is 0 Å². The number of rotatable bonds is 21. The van der Waals surface area contributed by atoms with E-state index in [2.05, 4.69) is 22.2 Å². The lowest BCUT2D eigenvalue weighted by Gasteiger charge is -2.19. The van der Waals surface area contributed by atoms with Gasteiger partial charge in [0.15, 0.2) is 6.54 Å². The van der Waals surface area contributed by atoms with Crippen molar-refractivity contribution in [2.45, 2.75) is 37.7 Å². The fourth-order valence-corrected chi connectivity index (χ4v) is 4.37. The van der Waals surface area contributed by atoms with E-state index in [1.807, 2.05) is 0 Å². The van der Waals surface area contributed by atoms with Crippen LogP contribution in [0.4, 0.5) is 4.79 Å². The third-order valence-corrected chi connectivity index (χ3v) is 6.57. The van der Waals surface area contributed by atoms with E-state index in [1.165, 1.54) is 28.4 Å². The Kier molecular flexibility index (Phi) is 17.9. The lowest BCUT2D eigenvalue weighted by Crippen LogP contribution is -2.74. The number of carbonyl (C=O) groups excluding carboxylic acids is 3. The first-order valence-corrected chi connectivity index (χ1v) is 15.8. The van der Waals surface area contributed by atoms with Gasteiger partial charge >= 0.3 is 18.0 Å². The van der Waals surface area contributed by atoms with Crippen LogP contribution in [-0.4, -0.2) is 104 Å². The van der Waals surface area contributed by atoms with E-state index >= 15 is 0 Å². The van der Waals surface area contributed by atoms with Gasteiger partial charge < -0.3 is 39.4 Å². The van der Waals surface area contributed by atoms with Gasteiger partial charge in [-0.2, -0.15) is 0 Å². The molecule has 14 nitrogen and oxygen atoms in total. The summed E-state index contributed by atoms with van der Waals surface area (Å²) in [5.74, 6) is -0.809. The number of aliphatic hydroxyl groups excluding tert-OH is 1. The van der Waals surface area contributed by atoms with Crippen LogP contribution in [0.1, 0.15) is 43.1 Å². The van der Waals surface area contributed by atoms with Crippen LogP contribution >= 0.6 is 11.9 Å². The predicted octanol–water partition coefficient (Wildman–Crippen LogP) is 1.21. The molecular formula is C32H45N4O10S+. The van der Waals surface area contributed by atoms with Crippen molar-refractivity contribution < 1.29 is 48.2 Å². The summed E-state index contributed by atoms with van der Waals surface area (Å²) in [6.07, 6.45) is 2.60. The number of hydrogen-bond donors (Lipinski definition) is 4. The number of aromatic nitrogens is 1. The molecule has 47 heavy (non-hydrogen) atoms. The van der Waals surface area contributed by atoms with E-state index in [9.17, 15) is 24.3 Å². The number of aliphatic hydroxyl groups is 1. The zero-order chi connectivity index (χ0) is 34.5. The van der Waals surface area contributed by atoms with Crippen LogP contribution in [-0.2, 0) is 28.5 Å². The molecule has 0 aliphatic rings. The van der Waals surface area contributed by atoms with Crippen LogP contribution in [0.2, 0.25) is 0 Å². The number of ether oxygens (including phenoxy) is 5. The van der Waals surface area contributed by atoms with Crippen molar-refractivity contribution in [3.05, 3.63) is 76.7 Å². The Morgan fingerprint density at radius 1 is 0.957 bits per heavy atom. The summed E-state index contributed by atoms with van der Waals surface area (Å²) in [6.45, 7) is 11.6. The molecular weight excluding hydrogens is 632 g/mol. The first-order valence-electron chi connectivity index (χ1n) is 15.0. The standard InChI is InChI=1S/C32H44N4O10S/c1-5-15-45-28(38)11-16-42-18-20-44-21-19-43-17-14-34-30(40)25-9-10-27(37)36(23-25)47-26-8-6-7-24(22-26)29(39)33-12-13-35-31(41)46-32(2,3)4/h5-10,22-23H,1,11-21H2,2-4H3,(H,33,39)(H,34,40)(H,35,41)/p+1. The third-order valence-electron chi connectivity index (χ3n) is 5.63. The molecule has 0 spiro atoms. The van der Waals surface area contributed by atoms with Gasteiger partial charge in [0.2, 0.25) is 0 Å². The molecule has 2 rings (SSSR count). The highest BCUT2D eigenvalue weighted by molar-refractivity contribution is 7.97. The average molecular weight is 678 g/mol. The number of nitrogens with zero attached hydrogens (tertiary/aromatic N) is 1. The van der Waals surface area contributed by atoms with Crippen LogP contribution in [0.25, 0.3) is 0 Å². The first-order chi connectivity index (χ1) is 22.5. The number of hydrogen-bond acceptors (Lipinski definition) is 10. The van der Waals surface area contributed by atoms with Crippen molar-refractivity contribution in [3.63, 3.8) is 0 Å². The minimum Gasteiger partial charge on any atom is -0.461 e. The maximum atomic E-state index is 12.6. The minimum atomic E-state index is -0.613. The van der Waals surface area contributed by atoms with E-state index in [0.29, 0.717) is 55.6 Å². The van der Waals surface area contributed by atoms with Gasteiger partial charge in [0, 0.05) is 35.8 Å². The lowest BCUT2D eigenvalue weighted by molar-refractivity contribution is -0.469. The minimum absolute atomic E-state index is 0.127. The van der Waals surface area contributed by atoms with E-state index in [1.54, 1.807) is 45.0 Å². The fourth-order valence-electron chi connectivity index (χ4n) is 3.51. The second-order valence-corrected chi connectivity index (χ2v) is 11.8. The Labute approximate surface area is 278 Å². The van der Waals surface area contributed by atoms with Gasteiger partial charge in [0.05, 0.1) is 39.5 Å². The van der Waals surface area contributed by atoms with Crippen LogP contribution in [0.15, 0.2) is 64.9 Å². The molecule has 4 N–H and O–H groups in total. The zero-order valence-corrected chi connectivity index (χ0v) is 27.9. The Hall–Kier alpha value is -4.18. The third kappa shape index (κ3) is 17.4. The maximum absolute atomic E-state index is 12.6. The van der Waals surface area contributed by atoms with Gasteiger partial charge in [0.25, 0.3) is 11.5 Å². The molecule has 2 amide bonds. The Morgan fingerprint density at radius 3 is 2.34 bits per heavy atom. The van der Waals surface area contributed by atoms with E-state index in [0.717, 1.165) is 11.9 Å². The number of esters is 1. The lowest BCUT2D eigenvalue weighted by atomic mass is 10.2. The Morgan fingerprint density at radius 2 is 1.64 bits per heavy atom. The van der Waals surface area contributed by atoms with Crippen molar-refractivity contribution in [2.24, 2.45) is 0 Å². The van der Waals surface area contributed by atoms with Crippen molar-refractivity contribution in [1.82, 2.24) is 14.6 Å². The molecule has 0 unspecified atom stereocenters. The molecule has 0 atom stereocenters. The topological polar surface area (TPSA) is 178 Å². The second-order valence-electron chi connectivity index (χ2n) is 10.7. The molecule has 1 aromatic heterocycles. The summed E-state index contributed by atoms with van der Waals surface area (Å²) >= 11 is 1.09. The van der Waals surface area contributed by atoms with Gasteiger partial charge in [-0.05, 0) is 57.0 Å². The predicted molar refractivity (Wildman–Crippen MR) is 176 cm³/mol. The van der Waals surface area contributed by atoms with Crippen molar-refractivity contribution >= 4 is 35.8 Å². The first kappa shape index (κ1) is 39.0. The highest BCUT2D eigenvalue weighted by Crippen LogP contribution is 2.20. The van der Waals surface area contributed by atoms with Crippen LogP contribution in [0, 0.1) is 0 Å². The summed E-state index contributed by atoms with van der Waals surface area (Å²) in [4.78, 5) is 51.6. The fraction of sp³-hybridized carbons (Fsp3) is 0.469. The van der Waals surface area contributed by atoms with Gasteiger partial charge in [-0.25, -0.2) is 9.79 Å². The van der Waals surface area contributed by atoms with E-state index in [4.69, 9.17) is 23.7 Å². The maximum Gasteiger partial charge on any atom is 0.407 e. The van der Waals surface area contributed by atoms with Crippen LogP contribution in [0.3, 0.4) is 0 Å². The monoisotopic (exact) mass is 677 g/mol. The summed E-state index contributed by atoms with van der Waals surface area (Å²) in [7, 11) is 0. The highest BCUT2D eigenvalue weighted by atomic mass is 32.2. The van der Waals surface area contributed by atoms with Crippen molar-refractivity contribution in [1.29, 1.82) is 0 Å². The summed E-state index contributed by atoms with van der Waals surface area (Å²) in [5.41, 5.74) is -0.155. The number of carbonyl (C=O) groups is 3. The van der Waals surface area contributed by atoms with Crippen molar-refractivity contribution in [2.75, 3.05) is 65.9 Å². The van der Waals surface area contributed by atoms with Crippen LogP contribution < -0.4 is 21.2 Å². The number of alkyl carbamates (subject to hydrolysis) is 1. The largest absolute Gasteiger partial charge is 0.461 e. The smallest absolute Gasteiger partial charge is 0.407 e. The average Bonchev–Trinajstić information content (AvgIpc) is 3.02. The molecule has 0 bridgehead atoms. The molecule has 0 aliphatic carbocycles. The molecule has 258 valence electrons. The molecule has 0 radical (unpaired) electrons. The highest BCUT2D eigenvalue weighted by Gasteiger charge is 2.16. The quantitative estimate of drug-likeness (QED) is 0.0491. The van der Waals surface area contributed by atoms with Gasteiger partial charge in [-0.3, -0.25) is 18.4 Å². The molecule has 2 aromatic rings. The molecule has 1 heterocycles. The number of amides is 2. The summed E-state index contributed by atoms with van der Waals surface area (Å²) in [6, 6.07) is 9.56. The molecule has 0 saturated heterocycles. The number of nitrogens with one attached hydrogen (secondary N) is 3. The van der Waals surface area contributed by atoms with E-state index in [-0.39, 0.29) is 56.1 Å². The summed E-state index contributed by atoms with van der Waals surface area (Å²) < 4.78 is 27.6. The second kappa shape index (κ2) is 21.6. The molecule has 0 saturated carbocycles. The Bertz CT molecular complexity index is 1390. The van der Waals surface area contributed by atoms with Gasteiger partial charge in [0.1, 0.15) is 24.4 Å². The SMILES string of the molecule is C=CCOC(=O)CCOCCOCCOCC[NH+]=C(O)c1ccc(=O)n(Sc2cccc(C(=O)NCCNC(=O)OC(C)(C)C)c2)c1. The molecule has 0 aliphatic heterocycles. The zero-order valence-electron chi connectivity index (χ0n) is 27.1. The van der Waals surface area contributed by atoms with Gasteiger partial charge in [-0.1, -0.05) is 18.7 Å². The van der Waals surface area contributed by atoms with Gasteiger partial charge in [-0.15, -0.1) is 0 Å². The molecule has 15 heteroatoms. The normalized spacial score (nSPS) is 11.5. The number of benzene rings is 1. The molecule has 0 fully saturated rings.